The number of carbonyl (C=O) groups excluding carboxylic acids is 1. The van der Waals surface area contributed by atoms with E-state index in [1.165, 1.54) is 5.56 Å². The Kier molecular flexibility index (Phi) is 5.61. The van der Waals surface area contributed by atoms with Crippen molar-refractivity contribution in [2.24, 2.45) is 0 Å². The van der Waals surface area contributed by atoms with Crippen LogP contribution in [0.1, 0.15) is 35.5 Å². The summed E-state index contributed by atoms with van der Waals surface area (Å²) in [4.78, 5) is 15.7. The molecule has 1 aliphatic heterocycles. The Labute approximate surface area is 205 Å². The average molecular weight is 535 g/mol. The van der Waals surface area contributed by atoms with Crippen molar-refractivity contribution < 1.29 is 9.53 Å². The summed E-state index contributed by atoms with van der Waals surface area (Å²) in [7, 11) is 0. The lowest BCUT2D eigenvalue weighted by atomic mass is 9.88. The molecule has 2 aliphatic rings. The third-order valence-electron chi connectivity index (χ3n) is 6.14. The summed E-state index contributed by atoms with van der Waals surface area (Å²) in [5.74, 6) is -0.0696. The molecule has 1 aromatic heterocycles. The van der Waals surface area contributed by atoms with Crippen LogP contribution in [0.5, 0.6) is 0 Å². The molecule has 1 amide bonds. The molecular weight excluding hydrogens is 513 g/mol. The zero-order valence-electron chi connectivity index (χ0n) is 17.8. The van der Waals surface area contributed by atoms with E-state index in [2.05, 4.69) is 28.1 Å². The SMILES string of the molecule is CC1(C)COCCN1C(=O)c1nn(-c2cc(Cl)cc(Cl)c2)c2c1CCc1ccc(Br)cc1-2. The molecule has 5 rings (SSSR count). The van der Waals surface area contributed by atoms with E-state index in [1.54, 1.807) is 6.07 Å². The summed E-state index contributed by atoms with van der Waals surface area (Å²) in [5, 5.41) is 5.90. The number of hydrogen-bond acceptors (Lipinski definition) is 3. The van der Waals surface area contributed by atoms with Gasteiger partial charge in [0.1, 0.15) is 0 Å². The third-order valence-corrected chi connectivity index (χ3v) is 7.07. The van der Waals surface area contributed by atoms with Crippen molar-refractivity contribution in [1.82, 2.24) is 14.7 Å². The number of halogens is 3. The second-order valence-electron chi connectivity index (χ2n) is 8.84. The summed E-state index contributed by atoms with van der Waals surface area (Å²) in [6, 6.07) is 11.6. The first-order valence-corrected chi connectivity index (χ1v) is 12.1. The van der Waals surface area contributed by atoms with Crippen molar-refractivity contribution in [1.29, 1.82) is 0 Å². The van der Waals surface area contributed by atoms with Gasteiger partial charge in [0.25, 0.3) is 5.91 Å². The molecule has 1 fully saturated rings. The highest BCUT2D eigenvalue weighted by molar-refractivity contribution is 9.10. The molecule has 0 radical (unpaired) electrons. The van der Waals surface area contributed by atoms with Crippen LogP contribution in [0.15, 0.2) is 40.9 Å². The van der Waals surface area contributed by atoms with Gasteiger partial charge >= 0.3 is 0 Å². The van der Waals surface area contributed by atoms with Gasteiger partial charge in [0.15, 0.2) is 5.69 Å². The number of nitrogens with zero attached hydrogens (tertiary/aromatic N) is 3. The molecule has 2 heterocycles. The second kappa shape index (κ2) is 8.17. The largest absolute Gasteiger partial charge is 0.377 e. The zero-order chi connectivity index (χ0) is 22.6. The molecule has 0 saturated carbocycles. The van der Waals surface area contributed by atoms with Gasteiger partial charge in [-0.2, -0.15) is 5.10 Å². The van der Waals surface area contributed by atoms with Crippen molar-refractivity contribution in [3.63, 3.8) is 0 Å². The number of rotatable bonds is 2. The average Bonchev–Trinajstić information content (AvgIpc) is 3.12. The lowest BCUT2D eigenvalue weighted by molar-refractivity contribution is -0.0373. The summed E-state index contributed by atoms with van der Waals surface area (Å²) in [6.07, 6.45) is 1.59. The van der Waals surface area contributed by atoms with E-state index in [9.17, 15) is 4.79 Å². The van der Waals surface area contributed by atoms with Gasteiger partial charge in [-0.1, -0.05) is 45.2 Å². The van der Waals surface area contributed by atoms with Crippen LogP contribution in [0, 0.1) is 0 Å². The molecule has 3 aromatic rings. The minimum absolute atomic E-state index is 0.0696. The monoisotopic (exact) mass is 533 g/mol. The van der Waals surface area contributed by atoms with Crippen LogP contribution in [0.25, 0.3) is 16.9 Å². The number of aromatic nitrogens is 2. The van der Waals surface area contributed by atoms with E-state index in [0.29, 0.717) is 35.5 Å². The Bertz CT molecular complexity index is 1220. The summed E-state index contributed by atoms with van der Waals surface area (Å²) >= 11 is 16.2. The fourth-order valence-corrected chi connectivity index (χ4v) is 5.47. The van der Waals surface area contributed by atoms with Crippen molar-refractivity contribution in [3.05, 3.63) is 67.7 Å². The van der Waals surface area contributed by atoms with Crippen LogP contribution >= 0.6 is 39.1 Å². The lowest BCUT2D eigenvalue weighted by Gasteiger charge is -2.41. The molecule has 0 atom stereocenters. The number of benzene rings is 2. The molecule has 0 bridgehead atoms. The first kappa shape index (κ1) is 22.0. The maximum absolute atomic E-state index is 13.8. The Morgan fingerprint density at radius 1 is 1.12 bits per heavy atom. The molecule has 0 unspecified atom stereocenters. The minimum atomic E-state index is -0.402. The highest BCUT2D eigenvalue weighted by Crippen LogP contribution is 2.40. The summed E-state index contributed by atoms with van der Waals surface area (Å²) in [5.41, 5.74) is 4.97. The molecule has 1 saturated heterocycles. The van der Waals surface area contributed by atoms with Gasteiger partial charge < -0.3 is 9.64 Å². The standard InChI is InChI=1S/C24H22BrCl2N3O2/c1-24(2)13-32-8-7-29(24)23(31)21-19-6-4-14-3-5-15(25)9-20(14)22(19)30(28-21)18-11-16(26)10-17(27)12-18/h3,5,9-12H,4,6-8,13H2,1-2H3. The summed E-state index contributed by atoms with van der Waals surface area (Å²) in [6.45, 7) is 5.62. The van der Waals surface area contributed by atoms with Gasteiger partial charge in [0, 0.05) is 32.2 Å². The second-order valence-corrected chi connectivity index (χ2v) is 10.6. The number of fused-ring (bicyclic) bond motifs is 3. The molecule has 8 heteroatoms. The highest BCUT2D eigenvalue weighted by atomic mass is 79.9. The first-order chi connectivity index (χ1) is 15.2. The van der Waals surface area contributed by atoms with Crippen LogP contribution in [-0.2, 0) is 17.6 Å². The maximum atomic E-state index is 13.8. The summed E-state index contributed by atoms with van der Waals surface area (Å²) < 4.78 is 8.41. The van der Waals surface area contributed by atoms with Gasteiger partial charge in [0.05, 0.1) is 30.1 Å². The van der Waals surface area contributed by atoms with Gasteiger partial charge in [-0.3, -0.25) is 4.79 Å². The number of hydrogen-bond donors (Lipinski definition) is 0. The molecule has 0 N–H and O–H groups in total. The van der Waals surface area contributed by atoms with Crippen LogP contribution in [0.3, 0.4) is 0 Å². The van der Waals surface area contributed by atoms with E-state index in [1.807, 2.05) is 41.6 Å². The Balaban J connectivity index is 1.73. The van der Waals surface area contributed by atoms with E-state index in [4.69, 9.17) is 33.0 Å². The molecule has 2 aromatic carbocycles. The Hall–Kier alpha value is -1.86. The normalized spacial score (nSPS) is 17.1. The smallest absolute Gasteiger partial charge is 0.275 e. The maximum Gasteiger partial charge on any atom is 0.275 e. The number of ether oxygens (including phenoxy) is 1. The lowest BCUT2D eigenvalue weighted by Crippen LogP contribution is -2.55. The van der Waals surface area contributed by atoms with E-state index in [0.717, 1.165) is 39.8 Å². The Morgan fingerprint density at radius 3 is 2.59 bits per heavy atom. The van der Waals surface area contributed by atoms with Crippen LogP contribution in [0.2, 0.25) is 10.0 Å². The number of morpholine rings is 1. The predicted molar refractivity (Wildman–Crippen MR) is 130 cm³/mol. The quantitative estimate of drug-likeness (QED) is 0.407. The van der Waals surface area contributed by atoms with E-state index >= 15 is 0 Å². The van der Waals surface area contributed by atoms with E-state index < -0.39 is 5.54 Å². The van der Waals surface area contributed by atoms with Crippen molar-refractivity contribution in [3.8, 4) is 16.9 Å². The first-order valence-electron chi connectivity index (χ1n) is 10.5. The molecule has 166 valence electrons. The van der Waals surface area contributed by atoms with Gasteiger partial charge in [-0.05, 0) is 62.6 Å². The zero-order valence-corrected chi connectivity index (χ0v) is 20.9. The van der Waals surface area contributed by atoms with Crippen molar-refractivity contribution in [2.45, 2.75) is 32.2 Å². The minimum Gasteiger partial charge on any atom is -0.377 e. The van der Waals surface area contributed by atoms with E-state index in [-0.39, 0.29) is 5.91 Å². The molecule has 5 nitrogen and oxygen atoms in total. The fraction of sp³-hybridized carbons (Fsp3) is 0.333. The van der Waals surface area contributed by atoms with Gasteiger partial charge in [-0.15, -0.1) is 0 Å². The van der Waals surface area contributed by atoms with Crippen molar-refractivity contribution in [2.75, 3.05) is 19.8 Å². The third kappa shape index (κ3) is 3.77. The molecular formula is C24H22BrCl2N3O2. The number of aryl methyl sites for hydroxylation is 1. The molecule has 1 aliphatic carbocycles. The van der Waals surface area contributed by atoms with Crippen LogP contribution in [0.4, 0.5) is 0 Å². The predicted octanol–water partition coefficient (Wildman–Crippen LogP) is 5.96. The van der Waals surface area contributed by atoms with Gasteiger partial charge in [0.2, 0.25) is 0 Å². The van der Waals surface area contributed by atoms with Crippen LogP contribution in [-0.4, -0.2) is 45.9 Å². The van der Waals surface area contributed by atoms with Crippen molar-refractivity contribution >= 4 is 45.0 Å². The number of amides is 1. The molecule has 32 heavy (non-hydrogen) atoms. The topological polar surface area (TPSA) is 47.4 Å². The molecule has 0 spiro atoms. The van der Waals surface area contributed by atoms with Gasteiger partial charge in [-0.25, -0.2) is 4.68 Å². The highest BCUT2D eigenvalue weighted by Gasteiger charge is 2.38. The van der Waals surface area contributed by atoms with Crippen LogP contribution < -0.4 is 0 Å². The fourth-order valence-electron chi connectivity index (χ4n) is 4.59. The number of carbonyl (C=O) groups is 1. The Morgan fingerprint density at radius 2 is 1.88 bits per heavy atom.